The standard InChI is InChI=1S/C32H43N5O2/c1-32(2)23-37(22-26(33-39)21-34-16-11-24-7-3-4-8-25(24)20-34)31(38)29-10-9-28(19-30(29)32)36-17-12-27(13-18-36)35-14-5-6-15-35/h3-4,7-10,19,26-27H,5-6,11-18,20-23H2,1-2H3. The average Bonchev–Trinajstić information content (AvgIpc) is 3.50. The number of nitroso groups, excluding NO2 is 1. The summed E-state index contributed by atoms with van der Waals surface area (Å²) in [6.45, 7) is 12.4. The van der Waals surface area contributed by atoms with Crippen LogP contribution in [0.1, 0.15) is 66.6 Å². The van der Waals surface area contributed by atoms with E-state index in [0.717, 1.165) is 49.8 Å². The van der Waals surface area contributed by atoms with Gasteiger partial charge in [-0.1, -0.05) is 43.3 Å². The Morgan fingerprint density at radius 3 is 2.44 bits per heavy atom. The van der Waals surface area contributed by atoms with Gasteiger partial charge in [0, 0.05) is 68.5 Å². The van der Waals surface area contributed by atoms with E-state index in [0.29, 0.717) is 19.6 Å². The van der Waals surface area contributed by atoms with Crippen molar-refractivity contribution in [3.05, 3.63) is 69.6 Å². The van der Waals surface area contributed by atoms with Crippen LogP contribution in [0, 0.1) is 4.91 Å². The normalized spacial score (nSPS) is 23.0. The molecule has 4 aliphatic rings. The van der Waals surface area contributed by atoms with Crippen molar-refractivity contribution in [1.82, 2.24) is 14.7 Å². The maximum Gasteiger partial charge on any atom is 0.254 e. The third-order valence-electron chi connectivity index (χ3n) is 9.58. The summed E-state index contributed by atoms with van der Waals surface area (Å²) in [6.07, 6.45) is 6.12. The second kappa shape index (κ2) is 11.0. The molecule has 1 atom stereocenters. The Bertz CT molecular complexity index is 1200. The molecule has 39 heavy (non-hydrogen) atoms. The van der Waals surface area contributed by atoms with Crippen LogP contribution >= 0.6 is 0 Å². The van der Waals surface area contributed by atoms with E-state index in [1.165, 1.54) is 55.6 Å². The zero-order valence-corrected chi connectivity index (χ0v) is 23.6. The molecule has 6 rings (SSSR count). The largest absolute Gasteiger partial charge is 0.371 e. The highest BCUT2D eigenvalue weighted by Gasteiger charge is 2.38. The average molecular weight is 530 g/mol. The zero-order valence-electron chi connectivity index (χ0n) is 23.6. The Labute approximate surface area is 233 Å². The Kier molecular flexibility index (Phi) is 7.47. The van der Waals surface area contributed by atoms with Gasteiger partial charge in [-0.3, -0.25) is 9.69 Å². The quantitative estimate of drug-likeness (QED) is 0.488. The van der Waals surface area contributed by atoms with Crippen LogP contribution in [-0.2, 0) is 18.4 Å². The van der Waals surface area contributed by atoms with Crippen LogP contribution in [0.3, 0.4) is 0 Å². The number of carbonyl (C=O) groups excluding carboxylic acids is 1. The fourth-order valence-electron chi connectivity index (χ4n) is 7.41. The Balaban J connectivity index is 1.11. The molecule has 2 fully saturated rings. The summed E-state index contributed by atoms with van der Waals surface area (Å²) in [6, 6.07) is 15.2. The van der Waals surface area contributed by atoms with Gasteiger partial charge in [-0.25, -0.2) is 0 Å². The molecule has 2 saturated heterocycles. The lowest BCUT2D eigenvalue weighted by Gasteiger charge is -2.42. The SMILES string of the molecule is CC1(C)CN(CC(CN2CCc3ccccc3C2)N=O)C(=O)c2ccc(N3CCC(N4CCCC4)CC3)cc21. The fraction of sp³-hybridized carbons (Fsp3) is 0.594. The van der Waals surface area contributed by atoms with Crippen LogP contribution in [0.4, 0.5) is 5.69 Å². The third-order valence-corrected chi connectivity index (χ3v) is 9.58. The molecule has 0 spiro atoms. The molecule has 208 valence electrons. The Morgan fingerprint density at radius 2 is 1.69 bits per heavy atom. The molecule has 7 nitrogen and oxygen atoms in total. The summed E-state index contributed by atoms with van der Waals surface area (Å²) >= 11 is 0. The van der Waals surface area contributed by atoms with Crippen LogP contribution < -0.4 is 4.90 Å². The number of hydrogen-bond donors (Lipinski definition) is 0. The van der Waals surface area contributed by atoms with Crippen molar-refractivity contribution in [2.45, 2.75) is 70.0 Å². The highest BCUT2D eigenvalue weighted by Crippen LogP contribution is 2.37. The lowest BCUT2D eigenvalue weighted by Crippen LogP contribution is -2.51. The highest BCUT2D eigenvalue weighted by molar-refractivity contribution is 5.98. The molecule has 0 bridgehead atoms. The van der Waals surface area contributed by atoms with Crippen LogP contribution in [0.5, 0.6) is 0 Å². The van der Waals surface area contributed by atoms with Gasteiger partial charge in [0.1, 0.15) is 6.04 Å². The van der Waals surface area contributed by atoms with Crippen molar-refractivity contribution in [3.63, 3.8) is 0 Å². The number of fused-ring (bicyclic) bond motifs is 2. The second-order valence-corrected chi connectivity index (χ2v) is 12.8. The number of amides is 1. The van der Waals surface area contributed by atoms with Gasteiger partial charge in [-0.15, -0.1) is 0 Å². The minimum atomic E-state index is -0.437. The van der Waals surface area contributed by atoms with E-state index >= 15 is 0 Å². The van der Waals surface area contributed by atoms with Gasteiger partial charge >= 0.3 is 0 Å². The Hall–Kier alpha value is -2.77. The minimum Gasteiger partial charge on any atom is -0.371 e. The molecule has 4 heterocycles. The lowest BCUT2D eigenvalue weighted by molar-refractivity contribution is 0.0664. The van der Waals surface area contributed by atoms with Gasteiger partial charge in [0.15, 0.2) is 0 Å². The van der Waals surface area contributed by atoms with E-state index in [2.05, 4.69) is 70.1 Å². The summed E-state index contributed by atoms with van der Waals surface area (Å²) in [5, 5.41) is 3.48. The maximum atomic E-state index is 13.6. The first-order valence-corrected chi connectivity index (χ1v) is 15.0. The van der Waals surface area contributed by atoms with Crippen LogP contribution in [0.15, 0.2) is 47.6 Å². The first-order valence-electron chi connectivity index (χ1n) is 15.0. The first-order chi connectivity index (χ1) is 18.9. The first kappa shape index (κ1) is 26.5. The van der Waals surface area contributed by atoms with Gasteiger partial charge < -0.3 is 14.7 Å². The van der Waals surface area contributed by atoms with E-state index in [9.17, 15) is 9.70 Å². The predicted molar refractivity (Wildman–Crippen MR) is 156 cm³/mol. The molecular formula is C32H43N5O2. The van der Waals surface area contributed by atoms with Crippen molar-refractivity contribution >= 4 is 11.6 Å². The van der Waals surface area contributed by atoms with E-state index in [1.54, 1.807) is 0 Å². The molecule has 0 saturated carbocycles. The molecule has 0 aliphatic carbocycles. The number of likely N-dealkylation sites (tertiary alicyclic amines) is 1. The fourth-order valence-corrected chi connectivity index (χ4v) is 7.41. The summed E-state index contributed by atoms with van der Waals surface area (Å²) in [4.78, 5) is 34.9. The summed E-state index contributed by atoms with van der Waals surface area (Å²) in [7, 11) is 0. The lowest BCUT2D eigenvalue weighted by atomic mass is 9.77. The molecule has 2 aromatic rings. The molecule has 4 aliphatic heterocycles. The summed E-state index contributed by atoms with van der Waals surface area (Å²) in [5.41, 5.74) is 5.67. The molecule has 1 unspecified atom stereocenters. The van der Waals surface area contributed by atoms with Gasteiger partial charge in [-0.05, 0) is 80.1 Å². The van der Waals surface area contributed by atoms with Gasteiger partial charge in [0.2, 0.25) is 0 Å². The number of piperidine rings is 1. The van der Waals surface area contributed by atoms with E-state index < -0.39 is 6.04 Å². The second-order valence-electron chi connectivity index (χ2n) is 12.8. The van der Waals surface area contributed by atoms with E-state index in [-0.39, 0.29) is 11.3 Å². The van der Waals surface area contributed by atoms with Gasteiger partial charge in [0.25, 0.3) is 5.91 Å². The topological polar surface area (TPSA) is 59.5 Å². The molecule has 2 aromatic carbocycles. The predicted octanol–water partition coefficient (Wildman–Crippen LogP) is 4.68. The van der Waals surface area contributed by atoms with E-state index in [1.807, 2.05) is 11.0 Å². The summed E-state index contributed by atoms with van der Waals surface area (Å²) in [5.74, 6) is 0.0289. The van der Waals surface area contributed by atoms with Crippen molar-refractivity contribution < 1.29 is 4.79 Å². The van der Waals surface area contributed by atoms with Crippen LogP contribution in [0.2, 0.25) is 0 Å². The van der Waals surface area contributed by atoms with Crippen molar-refractivity contribution in [2.75, 3.05) is 57.3 Å². The smallest absolute Gasteiger partial charge is 0.254 e. The monoisotopic (exact) mass is 529 g/mol. The number of benzene rings is 2. The number of carbonyl (C=O) groups is 1. The molecule has 7 heteroatoms. The van der Waals surface area contributed by atoms with Crippen LogP contribution in [0.25, 0.3) is 0 Å². The molecule has 0 N–H and O–H groups in total. The van der Waals surface area contributed by atoms with Crippen molar-refractivity contribution in [1.29, 1.82) is 0 Å². The van der Waals surface area contributed by atoms with Gasteiger partial charge in [0.05, 0.1) is 0 Å². The molecule has 1 amide bonds. The number of anilines is 1. The number of hydrogen-bond acceptors (Lipinski definition) is 6. The molecular weight excluding hydrogens is 486 g/mol. The highest BCUT2D eigenvalue weighted by atomic mass is 16.3. The van der Waals surface area contributed by atoms with Gasteiger partial charge in [-0.2, -0.15) is 4.91 Å². The molecule has 0 aromatic heterocycles. The molecule has 0 radical (unpaired) electrons. The van der Waals surface area contributed by atoms with Crippen molar-refractivity contribution in [2.24, 2.45) is 5.18 Å². The Morgan fingerprint density at radius 1 is 0.949 bits per heavy atom. The number of rotatable bonds is 7. The van der Waals surface area contributed by atoms with Crippen molar-refractivity contribution in [3.8, 4) is 0 Å². The number of nitrogens with zero attached hydrogens (tertiary/aromatic N) is 5. The van der Waals surface area contributed by atoms with E-state index in [4.69, 9.17) is 0 Å². The maximum absolute atomic E-state index is 13.6. The zero-order chi connectivity index (χ0) is 27.0. The summed E-state index contributed by atoms with van der Waals surface area (Å²) < 4.78 is 0. The third kappa shape index (κ3) is 5.48. The minimum absolute atomic E-state index is 0.0289. The van der Waals surface area contributed by atoms with Crippen LogP contribution in [-0.4, -0.2) is 85.0 Å².